The highest BCUT2D eigenvalue weighted by molar-refractivity contribution is 7.33. The second-order valence-corrected chi connectivity index (χ2v) is 15.2. The smallest absolute Gasteiger partial charge is 0.462 e. The van der Waals surface area contributed by atoms with Crippen LogP contribution in [0.25, 0.3) is 0 Å². The lowest BCUT2D eigenvalue weighted by Crippen LogP contribution is -2.29. The molecule has 3 atom stereocenters. The van der Waals surface area contributed by atoms with Crippen molar-refractivity contribution in [3.05, 3.63) is 0 Å². The quantitative estimate of drug-likeness (QED) is 0.0211. The number of rotatable bonds is 42. The predicted octanol–water partition coefficient (Wildman–Crippen LogP) is 11.8. The van der Waals surface area contributed by atoms with Gasteiger partial charge in [-0.2, -0.15) is 4.89 Å². The summed E-state index contributed by atoms with van der Waals surface area (Å²) in [5.41, 5.74) is 0. The van der Waals surface area contributed by atoms with Gasteiger partial charge in [0.2, 0.25) is 0 Å². The van der Waals surface area contributed by atoms with Crippen LogP contribution >= 0.6 is 8.25 Å². The van der Waals surface area contributed by atoms with E-state index >= 15 is 0 Å². The first-order chi connectivity index (χ1) is 25.4. The fourth-order valence-electron chi connectivity index (χ4n) is 5.92. The molecule has 0 aromatic heterocycles. The molecule has 0 radical (unpaired) electrons. The third-order valence-electron chi connectivity index (χ3n) is 9.10. The molecule has 0 aliphatic rings. The van der Waals surface area contributed by atoms with Gasteiger partial charge in [0.15, 0.2) is 6.10 Å². The standard InChI is InChI=1S/C41H80O10P/c1-4-7-9-11-13-15-17-19-21-23-25-27-29-31-40(43)47-36-39(37-49-52(45)51-48-35-38(42)34-46-33-6-3)50-41(44)32-30-28-26-24-22-20-18-16-14-12-10-8-5-2/h38-39,42H,4-37H2,1-3H3/q+1. The van der Waals surface area contributed by atoms with Crippen LogP contribution in [0.4, 0.5) is 0 Å². The van der Waals surface area contributed by atoms with Gasteiger partial charge in [0.05, 0.1) is 11.3 Å². The summed E-state index contributed by atoms with van der Waals surface area (Å²) in [7, 11) is -2.72. The van der Waals surface area contributed by atoms with E-state index in [1.54, 1.807) is 0 Å². The Morgan fingerprint density at radius 3 is 1.38 bits per heavy atom. The second-order valence-electron chi connectivity index (χ2n) is 14.4. The van der Waals surface area contributed by atoms with E-state index in [0.29, 0.717) is 13.0 Å². The van der Waals surface area contributed by atoms with Gasteiger partial charge in [0.1, 0.15) is 25.9 Å². The van der Waals surface area contributed by atoms with Crippen LogP contribution in [0.3, 0.4) is 0 Å². The summed E-state index contributed by atoms with van der Waals surface area (Å²) in [6, 6.07) is 0. The van der Waals surface area contributed by atoms with Crippen molar-refractivity contribution in [3.8, 4) is 0 Å². The average molecular weight is 764 g/mol. The molecule has 0 saturated heterocycles. The van der Waals surface area contributed by atoms with Crippen LogP contribution in [0.5, 0.6) is 0 Å². The van der Waals surface area contributed by atoms with Crippen molar-refractivity contribution in [1.29, 1.82) is 0 Å². The Labute approximate surface area is 319 Å². The monoisotopic (exact) mass is 764 g/mol. The summed E-state index contributed by atoms with van der Waals surface area (Å²) >= 11 is 0. The first-order valence-corrected chi connectivity index (χ1v) is 22.5. The fraction of sp³-hybridized carbons (Fsp3) is 0.951. The molecule has 0 saturated carbocycles. The topological polar surface area (TPSA) is 127 Å². The van der Waals surface area contributed by atoms with E-state index in [9.17, 15) is 19.3 Å². The lowest BCUT2D eigenvalue weighted by molar-refractivity contribution is -0.230. The highest BCUT2D eigenvalue weighted by Crippen LogP contribution is 2.25. The summed E-state index contributed by atoms with van der Waals surface area (Å²) in [6.45, 7) is 6.30. The maximum Gasteiger partial charge on any atom is 0.728 e. The molecule has 0 aromatic rings. The first kappa shape index (κ1) is 50.8. The van der Waals surface area contributed by atoms with Crippen molar-refractivity contribution in [2.45, 2.75) is 219 Å². The zero-order valence-corrected chi connectivity index (χ0v) is 34.7. The third-order valence-corrected chi connectivity index (χ3v) is 9.68. The van der Waals surface area contributed by atoms with E-state index in [4.69, 9.17) is 28.3 Å². The van der Waals surface area contributed by atoms with Gasteiger partial charge >= 0.3 is 20.2 Å². The lowest BCUT2D eigenvalue weighted by atomic mass is 10.0. The molecule has 52 heavy (non-hydrogen) atoms. The van der Waals surface area contributed by atoms with Gasteiger partial charge in [-0.05, 0) is 19.3 Å². The Morgan fingerprint density at radius 2 is 0.942 bits per heavy atom. The molecule has 0 heterocycles. The molecule has 10 nitrogen and oxygen atoms in total. The molecule has 0 amide bonds. The number of hydrogen-bond donors (Lipinski definition) is 1. The summed E-state index contributed by atoms with van der Waals surface area (Å²) in [4.78, 5) is 29.9. The molecule has 11 heteroatoms. The molecule has 0 fully saturated rings. The maximum atomic E-state index is 12.6. The molecule has 0 aliphatic heterocycles. The van der Waals surface area contributed by atoms with Crippen LogP contribution in [0.15, 0.2) is 0 Å². The minimum atomic E-state index is -2.72. The number of unbranched alkanes of at least 4 members (excludes halogenated alkanes) is 24. The Kier molecular flexibility index (Phi) is 40.1. The van der Waals surface area contributed by atoms with Crippen LogP contribution in [0.2, 0.25) is 0 Å². The summed E-state index contributed by atoms with van der Waals surface area (Å²) < 4.78 is 38.3. The van der Waals surface area contributed by atoms with Gasteiger partial charge in [-0.15, -0.1) is 4.52 Å². The van der Waals surface area contributed by atoms with E-state index in [2.05, 4.69) is 13.8 Å². The highest BCUT2D eigenvalue weighted by Gasteiger charge is 2.28. The number of carbonyl (C=O) groups excluding carboxylic acids is 2. The van der Waals surface area contributed by atoms with E-state index in [1.807, 2.05) is 6.92 Å². The second kappa shape index (κ2) is 41.0. The number of hydrogen-bond acceptors (Lipinski definition) is 10. The molecule has 3 unspecified atom stereocenters. The Balaban J connectivity index is 4.34. The van der Waals surface area contributed by atoms with E-state index in [-0.39, 0.29) is 38.8 Å². The van der Waals surface area contributed by atoms with Crippen molar-refractivity contribution in [1.82, 2.24) is 0 Å². The number of aliphatic hydroxyl groups is 1. The largest absolute Gasteiger partial charge is 0.728 e. The van der Waals surface area contributed by atoms with Crippen LogP contribution in [-0.2, 0) is 42.5 Å². The number of aliphatic hydroxyl groups excluding tert-OH is 1. The van der Waals surface area contributed by atoms with Crippen LogP contribution < -0.4 is 0 Å². The summed E-state index contributed by atoms with van der Waals surface area (Å²) in [6.07, 6.45) is 31.3. The van der Waals surface area contributed by atoms with Gasteiger partial charge < -0.3 is 19.3 Å². The van der Waals surface area contributed by atoms with Crippen molar-refractivity contribution in [3.63, 3.8) is 0 Å². The molecular weight excluding hydrogens is 683 g/mol. The van der Waals surface area contributed by atoms with Crippen molar-refractivity contribution >= 4 is 20.2 Å². The van der Waals surface area contributed by atoms with Crippen molar-refractivity contribution < 1.29 is 47.6 Å². The van der Waals surface area contributed by atoms with Crippen LogP contribution in [0.1, 0.15) is 207 Å². The molecule has 0 bridgehead atoms. The Bertz CT molecular complexity index is 800. The minimum absolute atomic E-state index is 0.0663. The van der Waals surface area contributed by atoms with Gasteiger partial charge in [-0.25, -0.2) is 0 Å². The van der Waals surface area contributed by atoms with E-state index in [0.717, 1.165) is 44.9 Å². The lowest BCUT2D eigenvalue weighted by Gasteiger charge is -2.16. The van der Waals surface area contributed by atoms with Crippen LogP contribution in [0, 0.1) is 0 Å². The zero-order valence-electron chi connectivity index (χ0n) is 33.8. The Morgan fingerprint density at radius 1 is 0.519 bits per heavy atom. The number of ether oxygens (including phenoxy) is 3. The summed E-state index contributed by atoms with van der Waals surface area (Å²) in [5, 5.41) is 9.82. The molecule has 0 spiro atoms. The fourth-order valence-corrected chi connectivity index (χ4v) is 6.40. The summed E-state index contributed by atoms with van der Waals surface area (Å²) in [5.74, 6) is -0.768. The molecule has 1 N–H and O–H groups in total. The van der Waals surface area contributed by atoms with Gasteiger partial charge in [0, 0.05) is 24.0 Å². The van der Waals surface area contributed by atoms with Gasteiger partial charge in [-0.1, -0.05) is 175 Å². The first-order valence-electron chi connectivity index (χ1n) is 21.4. The van der Waals surface area contributed by atoms with Crippen molar-refractivity contribution in [2.24, 2.45) is 0 Å². The minimum Gasteiger partial charge on any atom is -0.462 e. The molecular formula is C41H80O10P+. The number of carbonyl (C=O) groups is 2. The van der Waals surface area contributed by atoms with Gasteiger partial charge in [-0.3, -0.25) is 9.59 Å². The van der Waals surface area contributed by atoms with Crippen molar-refractivity contribution in [2.75, 3.05) is 33.0 Å². The zero-order chi connectivity index (χ0) is 38.2. The molecule has 0 aliphatic carbocycles. The molecule has 0 rings (SSSR count). The average Bonchev–Trinajstić information content (AvgIpc) is 3.13. The van der Waals surface area contributed by atoms with Crippen LogP contribution in [-0.4, -0.2) is 62.3 Å². The highest BCUT2D eigenvalue weighted by atomic mass is 31.1. The SMILES string of the molecule is CCCCCCCCCCCCCCCC(=O)OCC(CO[P+](=O)OOCC(O)COCCC)OC(=O)CCCCCCCCCCCCCCC. The van der Waals surface area contributed by atoms with E-state index in [1.165, 1.54) is 128 Å². The predicted molar refractivity (Wildman–Crippen MR) is 209 cm³/mol. The molecule has 0 aromatic carbocycles. The maximum absolute atomic E-state index is 12.6. The molecule has 308 valence electrons. The van der Waals surface area contributed by atoms with Gasteiger partial charge in [0.25, 0.3) is 0 Å². The normalized spacial score (nSPS) is 12.9. The van der Waals surface area contributed by atoms with E-state index < -0.39 is 26.4 Å². The Hall–Kier alpha value is -1.16. The third kappa shape index (κ3) is 38.6. The number of esters is 2.